The molecule has 35 heavy (non-hydrogen) atoms. The Morgan fingerprint density at radius 2 is 0.914 bits per heavy atom. The monoisotopic (exact) mass is 502 g/mol. The minimum atomic E-state index is -0.702. The second kappa shape index (κ2) is 11.5. The number of halogens is 2. The van der Waals surface area contributed by atoms with E-state index >= 15 is 0 Å². The molecule has 0 atom stereocenters. The summed E-state index contributed by atoms with van der Waals surface area (Å²) in [6, 6.07) is 26.7. The van der Waals surface area contributed by atoms with Crippen molar-refractivity contribution in [2.45, 2.75) is 27.1 Å². The van der Waals surface area contributed by atoms with Crippen LogP contribution in [-0.2, 0) is 18.0 Å². The van der Waals surface area contributed by atoms with E-state index in [1.807, 2.05) is 98.8 Å². The summed E-state index contributed by atoms with van der Waals surface area (Å²) < 4.78 is 5.88. The average Bonchev–Trinajstić information content (AvgIpc) is 2.87. The van der Waals surface area contributed by atoms with Crippen molar-refractivity contribution in [3.63, 3.8) is 0 Å². The molecule has 0 unspecified atom stereocenters. The van der Waals surface area contributed by atoms with Crippen molar-refractivity contribution in [1.29, 1.82) is 0 Å². The lowest BCUT2D eigenvalue weighted by molar-refractivity contribution is 0.107. The lowest BCUT2D eigenvalue weighted by Gasteiger charge is -2.11. The van der Waals surface area contributed by atoms with Gasteiger partial charge in [-0.1, -0.05) is 96.0 Å². The number of hydrogen-bond donors (Lipinski definition) is 2. The van der Waals surface area contributed by atoms with Crippen LogP contribution in [0.1, 0.15) is 22.3 Å². The molecule has 2 N–H and O–H groups in total. The van der Waals surface area contributed by atoms with E-state index in [-0.39, 0.29) is 0 Å². The highest BCUT2D eigenvalue weighted by molar-refractivity contribution is 6.79. The Kier molecular flexibility index (Phi) is 8.38. The number of rotatable bonds is 8. The Labute approximate surface area is 217 Å². The summed E-state index contributed by atoms with van der Waals surface area (Å²) in [5, 5.41) is 22.8. The molecule has 0 aliphatic rings. The second-order valence-corrected chi connectivity index (χ2v) is 9.61. The van der Waals surface area contributed by atoms with Crippen LogP contribution in [0.15, 0.2) is 84.9 Å². The summed E-state index contributed by atoms with van der Waals surface area (Å²) in [6.45, 7) is 3.37. The standard InChI is InChI=1S/C28H26B2Cl2O3/c1-19-15-25(11-13-27(19)31)29(33)23-7-3-21(4-8-23)17-35-18-22-5-9-24(10-6-22)30(34)26-12-14-28(32)20(2)16-26/h3-16,33-34H,17-18H2,1-2H3. The fraction of sp³-hybridized carbons (Fsp3) is 0.143. The molecule has 0 saturated heterocycles. The van der Waals surface area contributed by atoms with E-state index in [2.05, 4.69) is 0 Å². The molecule has 176 valence electrons. The maximum Gasteiger partial charge on any atom is 0.358 e. The minimum Gasteiger partial charge on any atom is -0.443 e. The van der Waals surface area contributed by atoms with Crippen molar-refractivity contribution in [3.8, 4) is 0 Å². The quantitative estimate of drug-likeness (QED) is 0.362. The van der Waals surface area contributed by atoms with Gasteiger partial charge >= 0.3 is 13.8 Å². The summed E-state index contributed by atoms with van der Waals surface area (Å²) in [4.78, 5) is 0. The third-order valence-electron chi connectivity index (χ3n) is 6.12. The van der Waals surface area contributed by atoms with Crippen LogP contribution in [-0.4, -0.2) is 23.9 Å². The first-order chi connectivity index (χ1) is 16.8. The SMILES string of the molecule is Cc1cc(B(O)c2ccc(COCc3ccc(B(O)c4ccc(Cl)c(C)c4)cc3)cc2)ccc1Cl. The Bertz CT molecular complexity index is 1190. The summed E-state index contributed by atoms with van der Waals surface area (Å²) in [6.07, 6.45) is 0. The molecule has 0 amide bonds. The summed E-state index contributed by atoms with van der Waals surface area (Å²) in [5.74, 6) is 0. The fourth-order valence-corrected chi connectivity index (χ4v) is 4.17. The maximum absolute atomic E-state index is 10.7. The van der Waals surface area contributed by atoms with Gasteiger partial charge in [0.2, 0.25) is 0 Å². The highest BCUT2D eigenvalue weighted by atomic mass is 35.5. The normalized spacial score (nSPS) is 10.9. The number of ether oxygens (including phenoxy) is 1. The second-order valence-electron chi connectivity index (χ2n) is 8.80. The Balaban J connectivity index is 1.31. The smallest absolute Gasteiger partial charge is 0.358 e. The Morgan fingerprint density at radius 3 is 1.26 bits per heavy atom. The zero-order valence-corrected chi connectivity index (χ0v) is 21.2. The van der Waals surface area contributed by atoms with E-state index in [0.717, 1.165) is 44.1 Å². The van der Waals surface area contributed by atoms with Crippen LogP contribution >= 0.6 is 23.2 Å². The zero-order chi connectivity index (χ0) is 24.9. The van der Waals surface area contributed by atoms with E-state index in [1.54, 1.807) is 0 Å². The molecule has 0 radical (unpaired) electrons. The van der Waals surface area contributed by atoms with Gasteiger partial charge in [-0.3, -0.25) is 0 Å². The van der Waals surface area contributed by atoms with Crippen molar-refractivity contribution in [3.05, 3.63) is 117 Å². The molecule has 0 bridgehead atoms. The van der Waals surface area contributed by atoms with Crippen LogP contribution in [0, 0.1) is 13.8 Å². The lowest BCUT2D eigenvalue weighted by atomic mass is 9.56. The predicted octanol–water partition coefficient (Wildman–Crippen LogP) is 3.52. The van der Waals surface area contributed by atoms with Crippen LogP contribution in [0.5, 0.6) is 0 Å². The first-order valence-electron chi connectivity index (χ1n) is 11.5. The number of benzene rings is 4. The van der Waals surface area contributed by atoms with Crippen molar-refractivity contribution in [2.75, 3.05) is 0 Å². The van der Waals surface area contributed by atoms with Crippen LogP contribution in [0.2, 0.25) is 10.0 Å². The van der Waals surface area contributed by atoms with E-state index < -0.39 is 13.8 Å². The molecule has 7 heteroatoms. The van der Waals surface area contributed by atoms with Crippen LogP contribution in [0.25, 0.3) is 0 Å². The molecule has 4 aromatic carbocycles. The van der Waals surface area contributed by atoms with E-state index in [0.29, 0.717) is 23.3 Å². The van der Waals surface area contributed by atoms with Gasteiger partial charge in [0.15, 0.2) is 0 Å². The van der Waals surface area contributed by atoms with E-state index in [9.17, 15) is 10.0 Å². The zero-order valence-electron chi connectivity index (χ0n) is 19.7. The van der Waals surface area contributed by atoms with Gasteiger partial charge in [0.05, 0.1) is 13.2 Å². The largest absolute Gasteiger partial charge is 0.443 e. The molecule has 0 aliphatic carbocycles. The molecule has 0 saturated carbocycles. The summed E-state index contributed by atoms with van der Waals surface area (Å²) in [7, 11) is 0. The number of aryl methyl sites for hydroxylation is 2. The van der Waals surface area contributed by atoms with Gasteiger partial charge in [0.1, 0.15) is 0 Å². The molecule has 3 nitrogen and oxygen atoms in total. The van der Waals surface area contributed by atoms with Crippen LogP contribution < -0.4 is 21.9 Å². The summed E-state index contributed by atoms with van der Waals surface area (Å²) in [5.41, 5.74) is 7.20. The molecular formula is C28H26B2Cl2O3. The van der Waals surface area contributed by atoms with Crippen molar-refractivity contribution < 1.29 is 14.8 Å². The van der Waals surface area contributed by atoms with Crippen molar-refractivity contribution in [2.24, 2.45) is 0 Å². The third-order valence-corrected chi connectivity index (χ3v) is 6.97. The van der Waals surface area contributed by atoms with Crippen molar-refractivity contribution >= 4 is 58.9 Å². The maximum atomic E-state index is 10.7. The first-order valence-corrected chi connectivity index (χ1v) is 12.2. The molecule has 0 heterocycles. The Morgan fingerprint density at radius 1 is 0.571 bits per heavy atom. The lowest BCUT2D eigenvalue weighted by Crippen LogP contribution is -2.42. The molecule has 4 rings (SSSR count). The minimum absolute atomic E-state index is 0.463. The molecule has 0 fully saturated rings. The van der Waals surface area contributed by atoms with Gasteiger partial charge in [-0.15, -0.1) is 0 Å². The fourth-order valence-electron chi connectivity index (χ4n) is 3.94. The summed E-state index contributed by atoms with van der Waals surface area (Å²) >= 11 is 12.2. The highest BCUT2D eigenvalue weighted by Crippen LogP contribution is 2.13. The van der Waals surface area contributed by atoms with Gasteiger partial charge in [-0.2, -0.15) is 0 Å². The number of hydrogen-bond acceptors (Lipinski definition) is 3. The van der Waals surface area contributed by atoms with Gasteiger partial charge in [0.25, 0.3) is 0 Å². The molecular weight excluding hydrogens is 477 g/mol. The molecule has 0 aromatic heterocycles. The average molecular weight is 503 g/mol. The molecule has 0 aliphatic heterocycles. The van der Waals surface area contributed by atoms with Crippen LogP contribution in [0.4, 0.5) is 0 Å². The van der Waals surface area contributed by atoms with Gasteiger partial charge in [-0.05, 0) is 70.1 Å². The van der Waals surface area contributed by atoms with Gasteiger partial charge in [0, 0.05) is 10.0 Å². The van der Waals surface area contributed by atoms with Crippen LogP contribution in [0.3, 0.4) is 0 Å². The highest BCUT2D eigenvalue weighted by Gasteiger charge is 2.18. The van der Waals surface area contributed by atoms with Gasteiger partial charge < -0.3 is 14.8 Å². The van der Waals surface area contributed by atoms with E-state index in [4.69, 9.17) is 27.9 Å². The third kappa shape index (κ3) is 6.38. The van der Waals surface area contributed by atoms with Crippen molar-refractivity contribution in [1.82, 2.24) is 0 Å². The van der Waals surface area contributed by atoms with Gasteiger partial charge in [-0.25, -0.2) is 0 Å². The van der Waals surface area contributed by atoms with E-state index in [1.165, 1.54) is 0 Å². The first kappa shape index (κ1) is 25.6. The Hall–Kier alpha value is -2.53. The predicted molar refractivity (Wildman–Crippen MR) is 148 cm³/mol. The molecule has 0 spiro atoms. The molecule has 4 aromatic rings. The topological polar surface area (TPSA) is 49.7 Å².